The van der Waals surface area contributed by atoms with Crippen molar-refractivity contribution >= 4 is 5.91 Å². The van der Waals surface area contributed by atoms with E-state index >= 15 is 0 Å². The molecule has 8 nitrogen and oxygen atoms in total. The van der Waals surface area contributed by atoms with Gasteiger partial charge in [0.05, 0.1) is 6.10 Å². The van der Waals surface area contributed by atoms with E-state index in [1.807, 2.05) is 4.90 Å². The lowest BCUT2D eigenvalue weighted by atomic mass is 9.95. The highest BCUT2D eigenvalue weighted by atomic mass is 16.5. The van der Waals surface area contributed by atoms with E-state index in [4.69, 9.17) is 9.26 Å². The van der Waals surface area contributed by atoms with E-state index in [1.165, 1.54) is 0 Å². The van der Waals surface area contributed by atoms with Crippen LogP contribution < -0.4 is 0 Å². The number of amides is 1. The topological polar surface area (TPSA) is 97.1 Å². The van der Waals surface area contributed by atoms with Crippen molar-refractivity contribution < 1.29 is 14.1 Å². The summed E-state index contributed by atoms with van der Waals surface area (Å²) < 4.78 is 10.9. The maximum Gasteiger partial charge on any atom is 0.274 e. The smallest absolute Gasteiger partial charge is 0.274 e. The highest BCUT2D eigenvalue weighted by Crippen LogP contribution is 2.24. The second-order valence-electron chi connectivity index (χ2n) is 6.80. The van der Waals surface area contributed by atoms with Gasteiger partial charge in [-0.15, -0.1) is 0 Å². The summed E-state index contributed by atoms with van der Waals surface area (Å²) >= 11 is 0. The number of aromatic amines is 1. The minimum atomic E-state index is -0.0142. The summed E-state index contributed by atoms with van der Waals surface area (Å²) in [5, 5.41) is 11.1. The van der Waals surface area contributed by atoms with Crippen LogP contribution in [-0.2, 0) is 24.2 Å². The van der Waals surface area contributed by atoms with Gasteiger partial charge in [-0.1, -0.05) is 5.16 Å². The molecule has 134 valence electrons. The van der Waals surface area contributed by atoms with Gasteiger partial charge in [-0.2, -0.15) is 10.1 Å². The number of aryl methyl sites for hydroxylation is 2. The first-order valence-corrected chi connectivity index (χ1v) is 8.97. The van der Waals surface area contributed by atoms with Gasteiger partial charge in [-0.3, -0.25) is 9.89 Å². The van der Waals surface area contributed by atoms with Crippen LogP contribution >= 0.6 is 0 Å². The number of H-pyrrole nitrogens is 1. The van der Waals surface area contributed by atoms with Gasteiger partial charge < -0.3 is 14.2 Å². The minimum Gasteiger partial charge on any atom is -0.367 e. The molecule has 1 saturated heterocycles. The standard InChI is InChI=1S/C17H23N5O3/c1-11-18-15(25-21-11)10-24-12-5-4-8-22(9-12)17(23)16-13-6-2-3-7-14(13)19-20-16/h12H,2-10H2,1H3,(H,19,20). The predicted molar refractivity (Wildman–Crippen MR) is 88.0 cm³/mol. The zero-order valence-corrected chi connectivity index (χ0v) is 14.5. The average Bonchev–Trinajstić information content (AvgIpc) is 3.26. The van der Waals surface area contributed by atoms with Crippen molar-refractivity contribution in [2.24, 2.45) is 0 Å². The van der Waals surface area contributed by atoms with Gasteiger partial charge in [0.25, 0.3) is 11.8 Å². The van der Waals surface area contributed by atoms with Crippen molar-refractivity contribution in [3.63, 3.8) is 0 Å². The van der Waals surface area contributed by atoms with Gasteiger partial charge in [-0.05, 0) is 45.4 Å². The van der Waals surface area contributed by atoms with Gasteiger partial charge in [0.15, 0.2) is 11.5 Å². The third-order valence-electron chi connectivity index (χ3n) is 4.94. The summed E-state index contributed by atoms with van der Waals surface area (Å²) in [6.45, 7) is 3.39. The number of aromatic nitrogens is 4. The number of nitrogens with one attached hydrogen (secondary N) is 1. The molecule has 0 spiro atoms. The second kappa shape index (κ2) is 6.95. The Balaban J connectivity index is 1.39. The molecule has 1 fully saturated rings. The summed E-state index contributed by atoms with van der Waals surface area (Å²) in [6, 6.07) is 0. The normalized spacial score (nSPS) is 20.5. The van der Waals surface area contributed by atoms with Gasteiger partial charge in [-0.25, -0.2) is 0 Å². The maximum absolute atomic E-state index is 12.9. The molecule has 4 rings (SSSR count). The molecule has 0 radical (unpaired) electrons. The third kappa shape index (κ3) is 3.44. The predicted octanol–water partition coefficient (Wildman–Crippen LogP) is 1.80. The first kappa shape index (κ1) is 16.3. The van der Waals surface area contributed by atoms with E-state index < -0.39 is 0 Å². The molecule has 0 aromatic carbocycles. The highest BCUT2D eigenvalue weighted by Gasteiger charge is 2.29. The number of carbonyl (C=O) groups excluding carboxylic acids is 1. The lowest BCUT2D eigenvalue weighted by Crippen LogP contribution is -2.43. The Morgan fingerprint density at radius 2 is 2.24 bits per heavy atom. The number of hydrogen-bond acceptors (Lipinski definition) is 6. The Bertz CT molecular complexity index is 753. The molecule has 1 atom stereocenters. The van der Waals surface area contributed by atoms with Crippen LogP contribution in [0.5, 0.6) is 0 Å². The van der Waals surface area contributed by atoms with Crippen LogP contribution in [0, 0.1) is 6.92 Å². The molecule has 25 heavy (non-hydrogen) atoms. The fourth-order valence-corrected chi connectivity index (χ4v) is 3.65. The van der Waals surface area contributed by atoms with Crippen LogP contribution in [-0.4, -0.2) is 50.3 Å². The fourth-order valence-electron chi connectivity index (χ4n) is 3.65. The first-order chi connectivity index (χ1) is 12.2. The number of ether oxygens (including phenoxy) is 1. The Labute approximate surface area is 145 Å². The molecule has 1 N–H and O–H groups in total. The van der Waals surface area contributed by atoms with E-state index in [0.29, 0.717) is 24.0 Å². The molecule has 3 heterocycles. The van der Waals surface area contributed by atoms with Crippen molar-refractivity contribution in [2.45, 2.75) is 58.2 Å². The van der Waals surface area contributed by atoms with E-state index in [1.54, 1.807) is 6.92 Å². The summed E-state index contributed by atoms with van der Waals surface area (Å²) in [7, 11) is 0. The summed E-state index contributed by atoms with van der Waals surface area (Å²) in [4.78, 5) is 18.9. The van der Waals surface area contributed by atoms with E-state index in [9.17, 15) is 4.79 Å². The molecule has 1 aliphatic heterocycles. The van der Waals surface area contributed by atoms with E-state index in [-0.39, 0.29) is 18.6 Å². The fraction of sp³-hybridized carbons (Fsp3) is 0.647. The average molecular weight is 345 g/mol. The summed E-state index contributed by atoms with van der Waals surface area (Å²) in [6.07, 6.45) is 6.06. The molecule has 8 heteroatoms. The van der Waals surface area contributed by atoms with Crippen molar-refractivity contribution in [1.29, 1.82) is 0 Å². The van der Waals surface area contributed by atoms with Crippen molar-refractivity contribution in [1.82, 2.24) is 25.2 Å². The number of hydrogen-bond donors (Lipinski definition) is 1. The van der Waals surface area contributed by atoms with Gasteiger partial charge >= 0.3 is 0 Å². The van der Waals surface area contributed by atoms with Crippen molar-refractivity contribution in [3.8, 4) is 0 Å². The van der Waals surface area contributed by atoms with Crippen molar-refractivity contribution in [2.75, 3.05) is 13.1 Å². The highest BCUT2D eigenvalue weighted by molar-refractivity contribution is 5.94. The van der Waals surface area contributed by atoms with Gasteiger partial charge in [0.2, 0.25) is 0 Å². The summed E-state index contributed by atoms with van der Waals surface area (Å²) in [5.74, 6) is 1.09. The molecule has 0 saturated carbocycles. The van der Waals surface area contributed by atoms with E-state index in [2.05, 4.69) is 20.3 Å². The largest absolute Gasteiger partial charge is 0.367 e. The molecule has 2 aromatic rings. The monoisotopic (exact) mass is 345 g/mol. The Hall–Kier alpha value is -2.22. The van der Waals surface area contributed by atoms with Crippen LogP contribution in [0.25, 0.3) is 0 Å². The number of nitrogens with zero attached hydrogens (tertiary/aromatic N) is 4. The van der Waals surface area contributed by atoms with Crippen LogP contribution in [0.4, 0.5) is 0 Å². The number of fused-ring (bicyclic) bond motifs is 1. The minimum absolute atomic E-state index is 0.0142. The van der Waals surface area contributed by atoms with Crippen LogP contribution in [0.3, 0.4) is 0 Å². The quantitative estimate of drug-likeness (QED) is 0.907. The Morgan fingerprint density at radius 3 is 3.08 bits per heavy atom. The van der Waals surface area contributed by atoms with Gasteiger partial charge in [0.1, 0.15) is 6.61 Å². The molecule has 1 aliphatic carbocycles. The number of rotatable bonds is 4. The lowest BCUT2D eigenvalue weighted by molar-refractivity contribution is -0.0155. The Morgan fingerprint density at radius 1 is 1.36 bits per heavy atom. The Kier molecular flexibility index (Phi) is 4.52. The van der Waals surface area contributed by atoms with Crippen molar-refractivity contribution in [3.05, 3.63) is 28.7 Å². The molecular weight excluding hydrogens is 322 g/mol. The van der Waals surface area contributed by atoms with Gasteiger partial charge in [0, 0.05) is 24.3 Å². The SMILES string of the molecule is Cc1noc(COC2CCCN(C(=O)c3n[nH]c4c3CCCC4)C2)n1. The molecule has 2 aliphatic rings. The third-order valence-corrected chi connectivity index (χ3v) is 4.94. The molecule has 1 amide bonds. The molecule has 2 aromatic heterocycles. The second-order valence-corrected chi connectivity index (χ2v) is 6.80. The van der Waals surface area contributed by atoms with Crippen LogP contribution in [0.1, 0.15) is 59.1 Å². The first-order valence-electron chi connectivity index (χ1n) is 8.97. The number of piperidine rings is 1. The number of carbonyl (C=O) groups is 1. The zero-order chi connectivity index (χ0) is 17.2. The van der Waals surface area contributed by atoms with Crippen LogP contribution in [0.15, 0.2) is 4.52 Å². The molecule has 1 unspecified atom stereocenters. The maximum atomic E-state index is 12.9. The summed E-state index contributed by atoms with van der Waals surface area (Å²) in [5.41, 5.74) is 2.84. The lowest BCUT2D eigenvalue weighted by Gasteiger charge is -2.32. The van der Waals surface area contributed by atoms with Crippen LogP contribution in [0.2, 0.25) is 0 Å². The van der Waals surface area contributed by atoms with E-state index in [0.717, 1.165) is 56.3 Å². The zero-order valence-electron chi connectivity index (χ0n) is 14.5. The molecular formula is C17H23N5O3. The molecule has 0 bridgehead atoms. The number of likely N-dealkylation sites (tertiary alicyclic amines) is 1.